The Morgan fingerprint density at radius 1 is 1.11 bits per heavy atom. The maximum atomic E-state index is 9.11. The highest BCUT2D eigenvalue weighted by Crippen LogP contribution is 2.22. The summed E-state index contributed by atoms with van der Waals surface area (Å²) in [4.78, 5) is 2.39. The molecule has 0 saturated carbocycles. The smallest absolute Gasteiger partial charge is 0.0558 e. The fourth-order valence-electron chi connectivity index (χ4n) is 2.26. The van der Waals surface area contributed by atoms with Crippen molar-refractivity contribution in [1.82, 2.24) is 10.2 Å². The Bertz CT molecular complexity index is 189. The molecular formula is C15H34N2O. The molecule has 0 aromatic rings. The van der Waals surface area contributed by atoms with Gasteiger partial charge in [-0.25, -0.2) is 0 Å². The molecule has 18 heavy (non-hydrogen) atoms. The second kappa shape index (κ2) is 9.76. The number of nitrogens with zero attached hydrogens (tertiary/aromatic N) is 1. The molecule has 1 atom stereocenters. The van der Waals surface area contributed by atoms with E-state index >= 15 is 0 Å². The van der Waals surface area contributed by atoms with Crippen molar-refractivity contribution in [3.63, 3.8) is 0 Å². The van der Waals surface area contributed by atoms with Gasteiger partial charge in [-0.2, -0.15) is 0 Å². The van der Waals surface area contributed by atoms with Crippen LogP contribution in [-0.2, 0) is 0 Å². The minimum absolute atomic E-state index is 0.269. The lowest BCUT2D eigenvalue weighted by molar-refractivity contribution is 0.170. The van der Waals surface area contributed by atoms with Crippen molar-refractivity contribution >= 4 is 0 Å². The van der Waals surface area contributed by atoms with Gasteiger partial charge in [-0.1, -0.05) is 41.0 Å². The Labute approximate surface area is 114 Å². The molecule has 3 nitrogen and oxygen atoms in total. The Balaban J connectivity index is 4.18. The molecule has 0 aliphatic rings. The molecule has 0 aliphatic heterocycles. The zero-order chi connectivity index (χ0) is 14.0. The molecule has 0 heterocycles. The van der Waals surface area contributed by atoms with E-state index in [0.29, 0.717) is 11.5 Å². The van der Waals surface area contributed by atoms with Crippen molar-refractivity contribution in [2.24, 2.45) is 5.41 Å². The number of hydrogen-bond donors (Lipinski definition) is 2. The van der Waals surface area contributed by atoms with Crippen molar-refractivity contribution in [2.75, 3.05) is 32.8 Å². The molecule has 0 spiro atoms. The molecule has 0 aliphatic carbocycles. The van der Waals surface area contributed by atoms with Crippen molar-refractivity contribution in [3.8, 4) is 0 Å². The normalized spacial score (nSPS) is 14.2. The van der Waals surface area contributed by atoms with Crippen molar-refractivity contribution in [2.45, 2.75) is 59.9 Å². The fraction of sp³-hybridized carbons (Fsp3) is 1.00. The maximum Gasteiger partial charge on any atom is 0.0558 e. The van der Waals surface area contributed by atoms with Gasteiger partial charge < -0.3 is 15.3 Å². The van der Waals surface area contributed by atoms with Gasteiger partial charge in [0.05, 0.1) is 6.61 Å². The molecule has 1 unspecified atom stereocenters. The first-order valence-electron chi connectivity index (χ1n) is 7.52. The van der Waals surface area contributed by atoms with Crippen LogP contribution < -0.4 is 5.32 Å². The first-order valence-corrected chi connectivity index (χ1v) is 7.52. The van der Waals surface area contributed by atoms with E-state index in [4.69, 9.17) is 5.11 Å². The van der Waals surface area contributed by atoms with Gasteiger partial charge in [-0.05, 0) is 37.9 Å². The van der Waals surface area contributed by atoms with Crippen LogP contribution in [0, 0.1) is 5.41 Å². The van der Waals surface area contributed by atoms with Gasteiger partial charge in [0.25, 0.3) is 0 Å². The van der Waals surface area contributed by atoms with Crippen LogP contribution in [0.25, 0.3) is 0 Å². The summed E-state index contributed by atoms with van der Waals surface area (Å²) in [6, 6.07) is 0.547. The molecule has 0 aromatic heterocycles. The number of aliphatic hydroxyl groups excluding tert-OH is 1. The zero-order valence-corrected chi connectivity index (χ0v) is 13.1. The van der Waals surface area contributed by atoms with Crippen LogP contribution in [0.3, 0.4) is 0 Å². The van der Waals surface area contributed by atoms with Crippen LogP contribution in [0.5, 0.6) is 0 Å². The molecule has 110 valence electrons. The average molecular weight is 258 g/mol. The topological polar surface area (TPSA) is 35.5 Å². The van der Waals surface area contributed by atoms with E-state index in [9.17, 15) is 0 Å². The van der Waals surface area contributed by atoms with E-state index < -0.39 is 0 Å². The Morgan fingerprint density at radius 3 is 2.22 bits per heavy atom. The zero-order valence-electron chi connectivity index (χ0n) is 13.1. The summed E-state index contributed by atoms with van der Waals surface area (Å²) in [6.07, 6.45) is 3.60. The maximum absolute atomic E-state index is 9.11. The summed E-state index contributed by atoms with van der Waals surface area (Å²) in [5.41, 5.74) is 0.297. The third-order valence-electron chi connectivity index (χ3n) is 3.47. The minimum atomic E-state index is 0.269. The highest BCUT2D eigenvalue weighted by molar-refractivity contribution is 4.81. The highest BCUT2D eigenvalue weighted by Gasteiger charge is 2.23. The summed E-state index contributed by atoms with van der Waals surface area (Å²) >= 11 is 0. The van der Waals surface area contributed by atoms with Gasteiger partial charge in [0.2, 0.25) is 0 Å². The van der Waals surface area contributed by atoms with Gasteiger partial charge in [0.1, 0.15) is 0 Å². The number of nitrogens with one attached hydrogen (secondary N) is 1. The minimum Gasteiger partial charge on any atom is -0.395 e. The average Bonchev–Trinajstić information content (AvgIpc) is 2.29. The standard InChI is InChI=1S/C15H34N2O/c1-6-8-10-17(12-13-18)11-9-14(16-7-2)15(3,4)5/h14,16,18H,6-13H2,1-5H3. The fourth-order valence-corrected chi connectivity index (χ4v) is 2.26. The number of rotatable bonds is 10. The molecule has 0 bridgehead atoms. The SMILES string of the molecule is CCCCN(CCO)CCC(NCC)C(C)(C)C. The molecular weight excluding hydrogens is 224 g/mol. The first-order chi connectivity index (χ1) is 8.45. The molecule has 3 heteroatoms. The Hall–Kier alpha value is -0.120. The van der Waals surface area contributed by atoms with Crippen LogP contribution in [0.2, 0.25) is 0 Å². The molecule has 0 saturated heterocycles. The lowest BCUT2D eigenvalue weighted by atomic mass is 9.84. The lowest BCUT2D eigenvalue weighted by Crippen LogP contribution is -2.43. The second-order valence-corrected chi connectivity index (χ2v) is 6.18. The van der Waals surface area contributed by atoms with Gasteiger partial charge in [0.15, 0.2) is 0 Å². The highest BCUT2D eigenvalue weighted by atomic mass is 16.3. The van der Waals surface area contributed by atoms with E-state index in [1.54, 1.807) is 0 Å². The number of hydrogen-bond acceptors (Lipinski definition) is 3. The molecule has 0 radical (unpaired) electrons. The van der Waals surface area contributed by atoms with Crippen molar-refractivity contribution in [1.29, 1.82) is 0 Å². The summed E-state index contributed by atoms with van der Waals surface area (Å²) in [6.45, 7) is 15.6. The third-order valence-corrected chi connectivity index (χ3v) is 3.47. The third kappa shape index (κ3) is 8.06. The Morgan fingerprint density at radius 2 is 1.78 bits per heavy atom. The van der Waals surface area contributed by atoms with Gasteiger partial charge >= 0.3 is 0 Å². The Kier molecular flexibility index (Phi) is 9.70. The summed E-state index contributed by atoms with van der Waals surface area (Å²) < 4.78 is 0. The van der Waals surface area contributed by atoms with E-state index in [1.807, 2.05) is 0 Å². The van der Waals surface area contributed by atoms with Gasteiger partial charge in [0, 0.05) is 12.6 Å². The van der Waals surface area contributed by atoms with Crippen LogP contribution >= 0.6 is 0 Å². The van der Waals surface area contributed by atoms with E-state index in [0.717, 1.165) is 32.6 Å². The molecule has 0 rings (SSSR count). The summed E-state index contributed by atoms with van der Waals surface area (Å²) in [7, 11) is 0. The number of aliphatic hydroxyl groups is 1. The van der Waals surface area contributed by atoms with Crippen molar-refractivity contribution < 1.29 is 5.11 Å². The predicted octanol–water partition coefficient (Wildman–Crippen LogP) is 2.50. The van der Waals surface area contributed by atoms with Crippen LogP contribution in [-0.4, -0.2) is 48.8 Å². The largest absolute Gasteiger partial charge is 0.395 e. The summed E-state index contributed by atoms with van der Waals surface area (Å²) in [5.74, 6) is 0. The van der Waals surface area contributed by atoms with E-state index in [1.165, 1.54) is 12.8 Å². The molecule has 0 fully saturated rings. The molecule has 0 amide bonds. The quantitative estimate of drug-likeness (QED) is 0.632. The van der Waals surface area contributed by atoms with Crippen LogP contribution in [0.1, 0.15) is 53.9 Å². The lowest BCUT2D eigenvalue weighted by Gasteiger charge is -2.33. The van der Waals surface area contributed by atoms with E-state index in [2.05, 4.69) is 44.8 Å². The van der Waals surface area contributed by atoms with E-state index in [-0.39, 0.29) is 6.61 Å². The van der Waals surface area contributed by atoms with Crippen LogP contribution in [0.4, 0.5) is 0 Å². The van der Waals surface area contributed by atoms with Gasteiger partial charge in [-0.3, -0.25) is 0 Å². The summed E-state index contributed by atoms with van der Waals surface area (Å²) in [5, 5.41) is 12.7. The second-order valence-electron chi connectivity index (χ2n) is 6.18. The van der Waals surface area contributed by atoms with Crippen molar-refractivity contribution in [3.05, 3.63) is 0 Å². The van der Waals surface area contributed by atoms with Crippen LogP contribution in [0.15, 0.2) is 0 Å². The first kappa shape index (κ1) is 17.9. The monoisotopic (exact) mass is 258 g/mol. The molecule has 2 N–H and O–H groups in total. The predicted molar refractivity (Wildman–Crippen MR) is 80.0 cm³/mol. The molecule has 0 aromatic carbocycles. The van der Waals surface area contributed by atoms with Gasteiger partial charge in [-0.15, -0.1) is 0 Å². The number of unbranched alkanes of at least 4 members (excludes halogenated alkanes) is 1.